The second-order valence-corrected chi connectivity index (χ2v) is 5.83. The van der Waals surface area contributed by atoms with Crippen LogP contribution in [0, 0.1) is 12.7 Å². The van der Waals surface area contributed by atoms with E-state index in [4.69, 9.17) is 0 Å². The van der Waals surface area contributed by atoms with E-state index in [9.17, 15) is 9.18 Å². The molecule has 0 spiro atoms. The standard InChI is InChI=1S/C18H19FN4O/c1-11(17-10-23(3)22-12(17)2)21-18(24)16-9-20-8-15(16)13-4-6-14(19)7-5-13/h4-11,20H,1-3H3,(H,21,24)/t11-/m1/s1. The summed E-state index contributed by atoms with van der Waals surface area (Å²) in [5.74, 6) is -0.493. The van der Waals surface area contributed by atoms with Gasteiger partial charge in [-0.05, 0) is 31.5 Å². The van der Waals surface area contributed by atoms with E-state index in [0.717, 1.165) is 22.4 Å². The predicted molar refractivity (Wildman–Crippen MR) is 90.0 cm³/mol. The Morgan fingerprint density at radius 3 is 2.62 bits per heavy atom. The number of rotatable bonds is 4. The molecule has 0 aliphatic heterocycles. The molecule has 0 fully saturated rings. The molecule has 1 aromatic carbocycles. The lowest BCUT2D eigenvalue weighted by Gasteiger charge is -2.13. The van der Waals surface area contributed by atoms with Crippen molar-refractivity contribution in [2.24, 2.45) is 7.05 Å². The highest BCUT2D eigenvalue weighted by atomic mass is 19.1. The highest BCUT2D eigenvalue weighted by Gasteiger charge is 2.18. The summed E-state index contributed by atoms with van der Waals surface area (Å²) in [7, 11) is 1.85. The summed E-state index contributed by atoms with van der Waals surface area (Å²) < 4.78 is 14.8. The summed E-state index contributed by atoms with van der Waals surface area (Å²) in [6, 6.07) is 5.91. The highest BCUT2D eigenvalue weighted by molar-refractivity contribution is 6.00. The molecule has 0 unspecified atom stereocenters. The third kappa shape index (κ3) is 3.08. The summed E-state index contributed by atoms with van der Waals surface area (Å²) in [6.45, 7) is 3.84. The molecule has 0 aliphatic rings. The van der Waals surface area contributed by atoms with E-state index in [0.29, 0.717) is 5.56 Å². The number of nitrogens with zero attached hydrogens (tertiary/aromatic N) is 2. The maximum Gasteiger partial charge on any atom is 0.253 e. The Kier molecular flexibility index (Phi) is 4.20. The monoisotopic (exact) mass is 326 g/mol. The molecule has 1 amide bonds. The molecular formula is C18H19FN4O. The molecule has 6 heteroatoms. The van der Waals surface area contributed by atoms with E-state index in [2.05, 4.69) is 15.4 Å². The second kappa shape index (κ2) is 6.31. The van der Waals surface area contributed by atoms with Gasteiger partial charge in [-0.1, -0.05) is 12.1 Å². The number of carbonyl (C=O) groups excluding carboxylic acids is 1. The lowest BCUT2D eigenvalue weighted by molar-refractivity contribution is 0.0940. The van der Waals surface area contributed by atoms with Crippen molar-refractivity contribution < 1.29 is 9.18 Å². The van der Waals surface area contributed by atoms with Crippen LogP contribution in [0.1, 0.15) is 34.6 Å². The molecule has 1 atom stereocenters. The summed E-state index contributed by atoms with van der Waals surface area (Å²) in [5.41, 5.74) is 3.91. The van der Waals surface area contributed by atoms with Gasteiger partial charge in [0.2, 0.25) is 0 Å². The van der Waals surface area contributed by atoms with Gasteiger partial charge in [0.05, 0.1) is 17.3 Å². The molecule has 124 valence electrons. The smallest absolute Gasteiger partial charge is 0.253 e. The number of amides is 1. The van der Waals surface area contributed by atoms with E-state index in [1.54, 1.807) is 29.2 Å². The van der Waals surface area contributed by atoms with Crippen molar-refractivity contribution in [2.75, 3.05) is 0 Å². The highest BCUT2D eigenvalue weighted by Crippen LogP contribution is 2.25. The normalized spacial score (nSPS) is 12.2. The van der Waals surface area contributed by atoms with Crippen LogP contribution in [-0.4, -0.2) is 20.7 Å². The molecule has 3 aromatic rings. The molecule has 3 rings (SSSR count). The second-order valence-electron chi connectivity index (χ2n) is 5.83. The molecule has 2 heterocycles. The number of hydrogen-bond donors (Lipinski definition) is 2. The van der Waals surface area contributed by atoms with E-state index in [1.165, 1.54) is 12.1 Å². The number of aromatic amines is 1. The third-order valence-corrected chi connectivity index (χ3v) is 4.01. The zero-order valence-corrected chi connectivity index (χ0v) is 13.8. The van der Waals surface area contributed by atoms with Gasteiger partial charge in [-0.2, -0.15) is 5.10 Å². The Hall–Kier alpha value is -2.89. The fourth-order valence-corrected chi connectivity index (χ4v) is 2.82. The van der Waals surface area contributed by atoms with Crippen molar-refractivity contribution in [1.82, 2.24) is 20.1 Å². The Labute approximate surface area is 139 Å². The van der Waals surface area contributed by atoms with Crippen molar-refractivity contribution in [3.05, 3.63) is 65.5 Å². The number of aryl methyl sites for hydroxylation is 2. The molecule has 2 N–H and O–H groups in total. The number of benzene rings is 1. The van der Waals surface area contributed by atoms with Gasteiger partial charge in [-0.3, -0.25) is 9.48 Å². The van der Waals surface area contributed by atoms with Crippen LogP contribution in [0.2, 0.25) is 0 Å². The van der Waals surface area contributed by atoms with Crippen molar-refractivity contribution in [2.45, 2.75) is 19.9 Å². The van der Waals surface area contributed by atoms with Crippen LogP contribution in [0.3, 0.4) is 0 Å². The average Bonchev–Trinajstić information content (AvgIpc) is 3.14. The zero-order chi connectivity index (χ0) is 17.3. The van der Waals surface area contributed by atoms with E-state index in [-0.39, 0.29) is 17.8 Å². The zero-order valence-electron chi connectivity index (χ0n) is 13.8. The Balaban J connectivity index is 1.82. The van der Waals surface area contributed by atoms with Gasteiger partial charge >= 0.3 is 0 Å². The van der Waals surface area contributed by atoms with Gasteiger partial charge in [0, 0.05) is 36.8 Å². The average molecular weight is 326 g/mol. The van der Waals surface area contributed by atoms with Gasteiger partial charge in [-0.15, -0.1) is 0 Å². The van der Waals surface area contributed by atoms with Crippen molar-refractivity contribution >= 4 is 5.91 Å². The summed E-state index contributed by atoms with van der Waals surface area (Å²) in [5, 5.41) is 7.29. The van der Waals surface area contributed by atoms with E-state index >= 15 is 0 Å². The fraction of sp³-hybridized carbons (Fsp3) is 0.222. The fourth-order valence-electron chi connectivity index (χ4n) is 2.82. The minimum atomic E-state index is -0.305. The summed E-state index contributed by atoms with van der Waals surface area (Å²) in [4.78, 5) is 15.6. The van der Waals surface area contributed by atoms with Crippen LogP contribution in [0.5, 0.6) is 0 Å². The van der Waals surface area contributed by atoms with E-state index in [1.807, 2.05) is 27.1 Å². The summed E-state index contributed by atoms with van der Waals surface area (Å²) in [6.07, 6.45) is 5.29. The minimum absolute atomic E-state index is 0.165. The quantitative estimate of drug-likeness (QED) is 0.772. The molecule has 0 radical (unpaired) electrons. The van der Waals surface area contributed by atoms with Gasteiger partial charge < -0.3 is 10.3 Å². The topological polar surface area (TPSA) is 62.7 Å². The molecular weight excluding hydrogens is 307 g/mol. The molecule has 0 bridgehead atoms. The minimum Gasteiger partial charge on any atom is -0.366 e. The first-order chi connectivity index (χ1) is 11.5. The summed E-state index contributed by atoms with van der Waals surface area (Å²) >= 11 is 0. The first-order valence-electron chi connectivity index (χ1n) is 7.69. The number of aromatic nitrogens is 3. The number of H-pyrrole nitrogens is 1. The Bertz CT molecular complexity index is 864. The molecule has 0 saturated carbocycles. The Morgan fingerprint density at radius 2 is 2.00 bits per heavy atom. The predicted octanol–water partition coefficient (Wildman–Crippen LogP) is 3.35. The van der Waals surface area contributed by atoms with Gasteiger partial charge in [-0.25, -0.2) is 4.39 Å². The van der Waals surface area contributed by atoms with Crippen LogP contribution in [0.15, 0.2) is 42.9 Å². The van der Waals surface area contributed by atoms with Crippen LogP contribution < -0.4 is 5.32 Å². The molecule has 0 aliphatic carbocycles. The van der Waals surface area contributed by atoms with Crippen molar-refractivity contribution in [3.8, 4) is 11.1 Å². The van der Waals surface area contributed by atoms with Crippen LogP contribution in [0.4, 0.5) is 4.39 Å². The molecule has 5 nitrogen and oxygen atoms in total. The lowest BCUT2D eigenvalue weighted by Crippen LogP contribution is -2.27. The van der Waals surface area contributed by atoms with Crippen LogP contribution in [0.25, 0.3) is 11.1 Å². The van der Waals surface area contributed by atoms with Gasteiger partial charge in [0.15, 0.2) is 0 Å². The van der Waals surface area contributed by atoms with Crippen molar-refractivity contribution in [3.63, 3.8) is 0 Å². The van der Waals surface area contributed by atoms with Gasteiger partial charge in [0.25, 0.3) is 5.91 Å². The maximum atomic E-state index is 13.1. The van der Waals surface area contributed by atoms with Crippen molar-refractivity contribution in [1.29, 1.82) is 0 Å². The molecule has 0 saturated heterocycles. The first kappa shape index (κ1) is 16.0. The number of nitrogens with one attached hydrogen (secondary N) is 2. The largest absolute Gasteiger partial charge is 0.366 e. The molecule has 24 heavy (non-hydrogen) atoms. The first-order valence-corrected chi connectivity index (χ1v) is 7.69. The lowest BCUT2D eigenvalue weighted by atomic mass is 10.0. The SMILES string of the molecule is Cc1nn(C)cc1[C@@H](C)NC(=O)c1c[nH]cc1-c1ccc(F)cc1. The third-order valence-electron chi connectivity index (χ3n) is 4.01. The number of hydrogen-bond acceptors (Lipinski definition) is 2. The van der Waals surface area contributed by atoms with Gasteiger partial charge in [0.1, 0.15) is 5.82 Å². The number of carbonyl (C=O) groups is 1. The molecule has 2 aromatic heterocycles. The van der Waals surface area contributed by atoms with Crippen LogP contribution >= 0.6 is 0 Å². The maximum absolute atomic E-state index is 13.1. The number of halogens is 1. The van der Waals surface area contributed by atoms with E-state index < -0.39 is 0 Å². The van der Waals surface area contributed by atoms with Crippen LogP contribution in [-0.2, 0) is 7.05 Å². The Morgan fingerprint density at radius 1 is 1.29 bits per heavy atom.